The van der Waals surface area contributed by atoms with Gasteiger partial charge in [-0.15, -0.1) is 0 Å². The number of halogens is 1. The average Bonchev–Trinajstić information content (AvgIpc) is 3.11. The van der Waals surface area contributed by atoms with Crippen LogP contribution in [0.4, 0.5) is 0 Å². The highest BCUT2D eigenvalue weighted by Crippen LogP contribution is 2.32. The molecule has 3 aliphatic heterocycles. The normalized spacial score (nSPS) is 23.5. The zero-order valence-corrected chi connectivity index (χ0v) is 15.4. The SMILES string of the molecule is O=C(C1CCN(C(=O)C2Cc3cc(Cl)ccc3O2)CC1)N1CCOCC1. The van der Waals surface area contributed by atoms with Crippen LogP contribution in [-0.4, -0.2) is 67.1 Å². The van der Waals surface area contributed by atoms with Gasteiger partial charge >= 0.3 is 0 Å². The predicted molar refractivity (Wildman–Crippen MR) is 96.3 cm³/mol. The third kappa shape index (κ3) is 3.53. The zero-order valence-electron chi connectivity index (χ0n) is 14.7. The van der Waals surface area contributed by atoms with Crippen LogP contribution < -0.4 is 4.74 Å². The summed E-state index contributed by atoms with van der Waals surface area (Å²) in [6.07, 6.45) is 1.51. The summed E-state index contributed by atoms with van der Waals surface area (Å²) in [5.74, 6) is 0.969. The van der Waals surface area contributed by atoms with Crippen LogP contribution in [0.5, 0.6) is 5.75 Å². The number of piperidine rings is 1. The molecule has 3 aliphatic rings. The quantitative estimate of drug-likeness (QED) is 0.786. The van der Waals surface area contributed by atoms with Crippen LogP contribution in [0.25, 0.3) is 0 Å². The molecule has 3 heterocycles. The highest BCUT2D eigenvalue weighted by molar-refractivity contribution is 6.30. The Morgan fingerprint density at radius 3 is 2.42 bits per heavy atom. The van der Waals surface area contributed by atoms with Gasteiger partial charge < -0.3 is 19.3 Å². The van der Waals surface area contributed by atoms with E-state index in [1.54, 1.807) is 6.07 Å². The van der Waals surface area contributed by atoms with Crippen LogP contribution in [0, 0.1) is 5.92 Å². The van der Waals surface area contributed by atoms with Gasteiger partial charge in [0, 0.05) is 43.5 Å². The van der Waals surface area contributed by atoms with Gasteiger partial charge in [0.05, 0.1) is 13.2 Å². The molecule has 1 unspecified atom stereocenters. The van der Waals surface area contributed by atoms with Gasteiger partial charge in [-0.3, -0.25) is 9.59 Å². The molecular weight excluding hydrogens is 356 g/mol. The number of carbonyl (C=O) groups excluding carboxylic acids is 2. The van der Waals surface area contributed by atoms with Crippen LogP contribution in [0.15, 0.2) is 18.2 Å². The standard InChI is InChI=1S/C19H23ClN2O4/c20-15-1-2-16-14(11-15)12-17(26-16)19(24)21-5-3-13(4-6-21)18(23)22-7-9-25-10-8-22/h1-2,11,13,17H,3-10,12H2. The first-order chi connectivity index (χ1) is 12.6. The summed E-state index contributed by atoms with van der Waals surface area (Å²) in [4.78, 5) is 29.1. The Labute approximate surface area is 158 Å². The number of morpholine rings is 1. The Bertz CT molecular complexity index is 697. The Kier molecular flexibility index (Phi) is 5.05. The van der Waals surface area contributed by atoms with Crippen molar-refractivity contribution in [3.05, 3.63) is 28.8 Å². The van der Waals surface area contributed by atoms with E-state index in [4.69, 9.17) is 21.1 Å². The molecule has 1 aromatic rings. The van der Waals surface area contributed by atoms with E-state index < -0.39 is 6.10 Å². The number of ether oxygens (including phenoxy) is 2. The first kappa shape index (κ1) is 17.6. The first-order valence-corrected chi connectivity index (χ1v) is 9.60. The smallest absolute Gasteiger partial charge is 0.263 e. The molecule has 0 aliphatic carbocycles. The van der Waals surface area contributed by atoms with Crippen molar-refractivity contribution in [1.82, 2.24) is 9.80 Å². The summed E-state index contributed by atoms with van der Waals surface area (Å²) in [5.41, 5.74) is 0.980. The van der Waals surface area contributed by atoms with Crippen LogP contribution in [-0.2, 0) is 20.7 Å². The molecule has 2 fully saturated rings. The monoisotopic (exact) mass is 378 g/mol. The minimum atomic E-state index is -0.477. The van der Waals surface area contributed by atoms with Gasteiger partial charge in [0.2, 0.25) is 5.91 Å². The number of likely N-dealkylation sites (tertiary alicyclic amines) is 1. The highest BCUT2D eigenvalue weighted by atomic mass is 35.5. The van der Waals surface area contributed by atoms with Gasteiger partial charge in [0.1, 0.15) is 5.75 Å². The van der Waals surface area contributed by atoms with Gasteiger partial charge in [-0.05, 0) is 36.6 Å². The molecule has 1 atom stereocenters. The van der Waals surface area contributed by atoms with Gasteiger partial charge in [0.25, 0.3) is 5.91 Å². The van der Waals surface area contributed by atoms with Crippen molar-refractivity contribution in [2.24, 2.45) is 5.92 Å². The van der Waals surface area contributed by atoms with Gasteiger partial charge in [-0.25, -0.2) is 0 Å². The topological polar surface area (TPSA) is 59.1 Å². The highest BCUT2D eigenvalue weighted by Gasteiger charge is 2.36. The van der Waals surface area contributed by atoms with Crippen LogP contribution in [0.1, 0.15) is 18.4 Å². The third-order valence-electron chi connectivity index (χ3n) is 5.45. The van der Waals surface area contributed by atoms with Crippen molar-refractivity contribution >= 4 is 23.4 Å². The summed E-state index contributed by atoms with van der Waals surface area (Å²) in [5, 5.41) is 0.655. The van der Waals surface area contributed by atoms with E-state index in [1.165, 1.54) is 0 Å². The molecule has 6 nitrogen and oxygen atoms in total. The Morgan fingerprint density at radius 2 is 1.69 bits per heavy atom. The zero-order chi connectivity index (χ0) is 18.1. The second-order valence-electron chi connectivity index (χ2n) is 7.10. The fourth-order valence-electron chi connectivity index (χ4n) is 3.95. The van der Waals surface area contributed by atoms with Crippen molar-refractivity contribution in [2.45, 2.75) is 25.4 Å². The maximum absolute atomic E-state index is 12.8. The predicted octanol–water partition coefficient (Wildman–Crippen LogP) is 1.74. The second kappa shape index (κ2) is 7.45. The van der Waals surface area contributed by atoms with E-state index in [1.807, 2.05) is 21.9 Å². The summed E-state index contributed by atoms with van der Waals surface area (Å²) in [6.45, 7) is 3.80. The lowest BCUT2D eigenvalue weighted by Crippen LogP contribution is -2.49. The average molecular weight is 379 g/mol. The van der Waals surface area contributed by atoms with Gasteiger partial charge in [0.15, 0.2) is 6.10 Å². The maximum Gasteiger partial charge on any atom is 0.263 e. The fraction of sp³-hybridized carbons (Fsp3) is 0.579. The lowest BCUT2D eigenvalue weighted by atomic mass is 9.94. The van der Waals surface area contributed by atoms with Crippen LogP contribution in [0.2, 0.25) is 5.02 Å². The van der Waals surface area contributed by atoms with Gasteiger partial charge in [-0.2, -0.15) is 0 Å². The molecule has 0 saturated carbocycles. The fourth-order valence-corrected chi connectivity index (χ4v) is 4.14. The minimum absolute atomic E-state index is 0.00888. The lowest BCUT2D eigenvalue weighted by Gasteiger charge is -2.36. The molecule has 0 bridgehead atoms. The number of benzene rings is 1. The van der Waals surface area contributed by atoms with Crippen molar-refractivity contribution < 1.29 is 19.1 Å². The molecule has 0 N–H and O–H groups in total. The molecule has 26 heavy (non-hydrogen) atoms. The molecule has 140 valence electrons. The molecule has 2 saturated heterocycles. The number of rotatable bonds is 2. The molecule has 0 aromatic heterocycles. The van der Waals surface area contributed by atoms with E-state index in [0.717, 1.165) is 11.3 Å². The van der Waals surface area contributed by atoms with Crippen molar-refractivity contribution in [2.75, 3.05) is 39.4 Å². The number of fused-ring (bicyclic) bond motifs is 1. The summed E-state index contributed by atoms with van der Waals surface area (Å²) < 4.78 is 11.1. The number of amides is 2. The molecule has 0 spiro atoms. The molecule has 7 heteroatoms. The second-order valence-corrected chi connectivity index (χ2v) is 7.54. The number of hydrogen-bond donors (Lipinski definition) is 0. The molecular formula is C19H23ClN2O4. The molecule has 1 aromatic carbocycles. The Hall–Kier alpha value is -1.79. The maximum atomic E-state index is 12.8. The van der Waals surface area contributed by atoms with Gasteiger partial charge in [-0.1, -0.05) is 11.6 Å². The molecule has 0 radical (unpaired) electrons. The van der Waals surface area contributed by atoms with E-state index >= 15 is 0 Å². The molecule has 2 amide bonds. The van der Waals surface area contributed by atoms with E-state index in [-0.39, 0.29) is 17.7 Å². The van der Waals surface area contributed by atoms with Crippen molar-refractivity contribution in [1.29, 1.82) is 0 Å². The summed E-state index contributed by atoms with van der Waals surface area (Å²) >= 11 is 6.01. The third-order valence-corrected chi connectivity index (χ3v) is 5.69. The minimum Gasteiger partial charge on any atom is -0.480 e. The number of hydrogen-bond acceptors (Lipinski definition) is 4. The van der Waals surface area contributed by atoms with Crippen molar-refractivity contribution in [3.8, 4) is 5.75 Å². The van der Waals surface area contributed by atoms with Crippen LogP contribution >= 0.6 is 11.6 Å². The van der Waals surface area contributed by atoms with Crippen LogP contribution in [0.3, 0.4) is 0 Å². The van der Waals surface area contributed by atoms with E-state index in [0.29, 0.717) is 63.7 Å². The molecule has 4 rings (SSSR count). The first-order valence-electron chi connectivity index (χ1n) is 9.22. The van der Waals surface area contributed by atoms with Crippen molar-refractivity contribution in [3.63, 3.8) is 0 Å². The number of carbonyl (C=O) groups is 2. The Balaban J connectivity index is 1.31. The van der Waals surface area contributed by atoms with E-state index in [2.05, 4.69) is 0 Å². The van der Waals surface area contributed by atoms with E-state index in [9.17, 15) is 9.59 Å². The summed E-state index contributed by atoms with van der Waals surface area (Å²) in [7, 11) is 0. The lowest BCUT2D eigenvalue weighted by molar-refractivity contribution is -0.145. The largest absolute Gasteiger partial charge is 0.480 e. The number of nitrogens with zero attached hydrogens (tertiary/aromatic N) is 2. The summed E-state index contributed by atoms with van der Waals surface area (Å²) in [6, 6.07) is 5.45. The Morgan fingerprint density at radius 1 is 1.00 bits per heavy atom.